The van der Waals surface area contributed by atoms with Crippen molar-refractivity contribution in [2.75, 3.05) is 26.7 Å². The van der Waals surface area contributed by atoms with E-state index in [4.69, 9.17) is 4.74 Å². The van der Waals surface area contributed by atoms with Gasteiger partial charge in [0.1, 0.15) is 5.75 Å². The highest BCUT2D eigenvalue weighted by Gasteiger charge is 2.46. The Hall–Kier alpha value is -2.04. The summed E-state index contributed by atoms with van der Waals surface area (Å²) in [4.78, 5) is 29.3. The van der Waals surface area contributed by atoms with Gasteiger partial charge in [0.2, 0.25) is 11.8 Å². The highest BCUT2D eigenvalue weighted by atomic mass is 16.5. The normalized spacial score (nSPS) is 25.2. The number of aryl methyl sites for hydroxylation is 1. The van der Waals surface area contributed by atoms with E-state index in [1.807, 2.05) is 12.1 Å². The fourth-order valence-electron chi connectivity index (χ4n) is 4.91. The third kappa shape index (κ3) is 4.34. The van der Waals surface area contributed by atoms with Gasteiger partial charge in [0, 0.05) is 43.9 Å². The number of nitrogens with zero attached hydrogens (tertiary/aromatic N) is 2. The van der Waals surface area contributed by atoms with Crippen LogP contribution in [0, 0.1) is 5.41 Å². The summed E-state index contributed by atoms with van der Waals surface area (Å²) in [7, 11) is 1.67. The van der Waals surface area contributed by atoms with E-state index in [1.165, 1.54) is 5.56 Å². The lowest BCUT2D eigenvalue weighted by Crippen LogP contribution is -2.55. The summed E-state index contributed by atoms with van der Waals surface area (Å²) < 4.78 is 5.19. The number of ether oxygens (including phenoxy) is 1. The van der Waals surface area contributed by atoms with Gasteiger partial charge in [-0.15, -0.1) is 0 Å². The number of likely N-dealkylation sites (tertiary alicyclic amines) is 2. The zero-order valence-electron chi connectivity index (χ0n) is 17.0. The second kappa shape index (κ2) is 8.14. The van der Waals surface area contributed by atoms with Crippen LogP contribution in [0.15, 0.2) is 24.3 Å². The van der Waals surface area contributed by atoms with Crippen LogP contribution >= 0.6 is 0 Å². The van der Waals surface area contributed by atoms with E-state index in [0.717, 1.165) is 70.3 Å². The first-order valence-corrected chi connectivity index (χ1v) is 10.8. The summed E-state index contributed by atoms with van der Waals surface area (Å²) in [6.07, 6.45) is 8.55. The van der Waals surface area contributed by atoms with Gasteiger partial charge in [-0.3, -0.25) is 9.59 Å². The molecule has 5 nitrogen and oxygen atoms in total. The largest absolute Gasteiger partial charge is 0.497 e. The van der Waals surface area contributed by atoms with Crippen LogP contribution in [0.1, 0.15) is 56.9 Å². The third-order valence-corrected chi connectivity index (χ3v) is 6.71. The number of benzene rings is 1. The molecule has 2 saturated heterocycles. The van der Waals surface area contributed by atoms with Gasteiger partial charge in [-0.1, -0.05) is 12.1 Å². The number of rotatable bonds is 6. The molecule has 5 heteroatoms. The van der Waals surface area contributed by atoms with Crippen LogP contribution < -0.4 is 4.74 Å². The van der Waals surface area contributed by atoms with Crippen molar-refractivity contribution in [3.63, 3.8) is 0 Å². The van der Waals surface area contributed by atoms with Gasteiger partial charge >= 0.3 is 0 Å². The van der Waals surface area contributed by atoms with Gasteiger partial charge < -0.3 is 14.5 Å². The number of amides is 2. The van der Waals surface area contributed by atoms with Crippen LogP contribution in [0.3, 0.4) is 0 Å². The molecule has 2 amide bonds. The van der Waals surface area contributed by atoms with Crippen LogP contribution in [0.4, 0.5) is 0 Å². The van der Waals surface area contributed by atoms with Gasteiger partial charge in [0.15, 0.2) is 0 Å². The molecule has 4 rings (SSSR count). The minimum absolute atomic E-state index is 0.139. The molecular formula is C23H32N2O3. The average Bonchev–Trinajstić information content (AvgIpc) is 3.56. The fourth-order valence-corrected chi connectivity index (χ4v) is 4.91. The predicted molar refractivity (Wildman–Crippen MR) is 108 cm³/mol. The maximum atomic E-state index is 12.8. The monoisotopic (exact) mass is 384 g/mol. The first-order chi connectivity index (χ1) is 13.6. The molecule has 1 unspecified atom stereocenters. The van der Waals surface area contributed by atoms with Crippen molar-refractivity contribution in [2.45, 2.75) is 63.8 Å². The lowest BCUT2D eigenvalue weighted by atomic mass is 9.73. The molecule has 1 atom stereocenters. The molecule has 0 aromatic heterocycles. The van der Waals surface area contributed by atoms with Crippen LogP contribution in [-0.4, -0.2) is 54.4 Å². The second-order valence-electron chi connectivity index (χ2n) is 8.87. The lowest BCUT2D eigenvalue weighted by molar-refractivity contribution is -0.143. The van der Waals surface area contributed by atoms with Crippen molar-refractivity contribution in [1.82, 2.24) is 9.80 Å². The molecule has 28 heavy (non-hydrogen) atoms. The van der Waals surface area contributed by atoms with Gasteiger partial charge in [-0.2, -0.15) is 0 Å². The van der Waals surface area contributed by atoms with E-state index in [2.05, 4.69) is 21.9 Å². The number of carbonyl (C=O) groups excluding carboxylic acids is 2. The van der Waals surface area contributed by atoms with Crippen molar-refractivity contribution in [1.29, 1.82) is 0 Å². The Morgan fingerprint density at radius 2 is 1.96 bits per heavy atom. The molecule has 1 saturated carbocycles. The van der Waals surface area contributed by atoms with Gasteiger partial charge in [-0.05, 0) is 62.6 Å². The molecule has 1 aliphatic carbocycles. The summed E-state index contributed by atoms with van der Waals surface area (Å²) >= 11 is 0. The Kier molecular flexibility index (Phi) is 5.61. The minimum Gasteiger partial charge on any atom is -0.497 e. The Labute approximate surface area is 168 Å². The van der Waals surface area contributed by atoms with Crippen molar-refractivity contribution in [3.05, 3.63) is 29.8 Å². The first-order valence-electron chi connectivity index (χ1n) is 10.8. The molecule has 3 aliphatic rings. The highest BCUT2D eigenvalue weighted by Crippen LogP contribution is 2.42. The van der Waals surface area contributed by atoms with E-state index in [-0.39, 0.29) is 11.3 Å². The molecule has 2 aliphatic heterocycles. The molecule has 152 valence electrons. The molecule has 1 spiro atoms. The van der Waals surface area contributed by atoms with Gasteiger partial charge in [-0.25, -0.2) is 0 Å². The van der Waals surface area contributed by atoms with Crippen molar-refractivity contribution >= 4 is 11.8 Å². The number of piperidine rings is 2. The summed E-state index contributed by atoms with van der Waals surface area (Å²) in [6, 6.07) is 8.58. The molecule has 0 N–H and O–H groups in total. The van der Waals surface area contributed by atoms with E-state index in [9.17, 15) is 9.59 Å². The SMILES string of the molecule is COc1ccc(CCCC(=O)N2CCCC3(CCC(=O)N(C4CC4)C3)C2)cc1. The number of hydrogen-bond acceptors (Lipinski definition) is 3. The summed E-state index contributed by atoms with van der Waals surface area (Å²) in [5.41, 5.74) is 1.38. The number of carbonyl (C=O) groups is 2. The van der Waals surface area contributed by atoms with Gasteiger partial charge in [0.25, 0.3) is 0 Å². The standard InChI is InChI=1S/C23H32N2O3/c1-28-20-10-6-18(7-11-20)4-2-5-21(26)24-15-3-13-23(16-24)14-12-22(27)25(17-23)19-8-9-19/h6-7,10-11,19H,2-5,8-9,12-17H2,1H3. The third-order valence-electron chi connectivity index (χ3n) is 6.71. The quantitative estimate of drug-likeness (QED) is 0.755. The highest BCUT2D eigenvalue weighted by molar-refractivity contribution is 5.78. The molecular weight excluding hydrogens is 352 g/mol. The zero-order chi connectivity index (χ0) is 19.6. The van der Waals surface area contributed by atoms with Crippen LogP contribution in [0.2, 0.25) is 0 Å². The van der Waals surface area contributed by atoms with Gasteiger partial charge in [0.05, 0.1) is 7.11 Å². The number of hydrogen-bond donors (Lipinski definition) is 0. The van der Waals surface area contributed by atoms with Crippen LogP contribution in [-0.2, 0) is 16.0 Å². The summed E-state index contributed by atoms with van der Waals surface area (Å²) in [5, 5.41) is 0. The first kappa shape index (κ1) is 19.3. The zero-order valence-corrected chi connectivity index (χ0v) is 17.0. The Balaban J connectivity index is 1.28. The smallest absolute Gasteiger partial charge is 0.222 e. The van der Waals surface area contributed by atoms with E-state index in [0.29, 0.717) is 24.8 Å². The summed E-state index contributed by atoms with van der Waals surface area (Å²) in [6.45, 7) is 2.58. The fraction of sp³-hybridized carbons (Fsp3) is 0.652. The molecule has 1 aromatic carbocycles. The van der Waals surface area contributed by atoms with Crippen molar-refractivity contribution < 1.29 is 14.3 Å². The Morgan fingerprint density at radius 3 is 2.68 bits per heavy atom. The van der Waals surface area contributed by atoms with E-state index >= 15 is 0 Å². The van der Waals surface area contributed by atoms with Crippen LogP contribution in [0.5, 0.6) is 5.75 Å². The van der Waals surface area contributed by atoms with Crippen molar-refractivity contribution in [3.8, 4) is 5.75 Å². The molecule has 3 fully saturated rings. The van der Waals surface area contributed by atoms with Crippen LogP contribution in [0.25, 0.3) is 0 Å². The topological polar surface area (TPSA) is 49.9 Å². The molecule has 2 heterocycles. The Bertz CT molecular complexity index is 713. The lowest BCUT2D eigenvalue weighted by Gasteiger charge is -2.48. The molecule has 0 bridgehead atoms. The van der Waals surface area contributed by atoms with E-state index in [1.54, 1.807) is 7.11 Å². The summed E-state index contributed by atoms with van der Waals surface area (Å²) in [5.74, 6) is 1.48. The minimum atomic E-state index is 0.139. The predicted octanol–water partition coefficient (Wildman–Crippen LogP) is 3.41. The van der Waals surface area contributed by atoms with Crippen molar-refractivity contribution in [2.24, 2.45) is 5.41 Å². The molecule has 1 aromatic rings. The average molecular weight is 385 g/mol. The maximum absolute atomic E-state index is 12.8. The maximum Gasteiger partial charge on any atom is 0.222 e. The molecule has 0 radical (unpaired) electrons. The second-order valence-corrected chi connectivity index (χ2v) is 8.87. The Morgan fingerprint density at radius 1 is 1.18 bits per heavy atom. The van der Waals surface area contributed by atoms with E-state index < -0.39 is 0 Å². The number of methoxy groups -OCH3 is 1.